The molecule has 0 aromatic heterocycles. The second-order valence-corrected chi connectivity index (χ2v) is 7.69. The van der Waals surface area contributed by atoms with Gasteiger partial charge in [-0.3, -0.25) is 4.79 Å². The average molecular weight is 352 g/mol. The largest absolute Gasteiger partial charge is 0.489 e. The molecule has 0 heterocycles. The van der Waals surface area contributed by atoms with Gasteiger partial charge < -0.3 is 9.84 Å². The molecule has 1 fully saturated rings. The van der Waals surface area contributed by atoms with Gasteiger partial charge >= 0.3 is 5.97 Å². The summed E-state index contributed by atoms with van der Waals surface area (Å²) in [4.78, 5) is 11.0. The molecular weight excluding hydrogens is 324 g/mol. The lowest BCUT2D eigenvalue weighted by molar-refractivity contribution is -0.137. The molecule has 1 saturated carbocycles. The highest BCUT2D eigenvalue weighted by Gasteiger charge is 2.35. The molecule has 138 valence electrons. The first-order valence-electron chi connectivity index (χ1n) is 9.65. The molecule has 0 bridgehead atoms. The van der Waals surface area contributed by atoms with Crippen LogP contribution < -0.4 is 4.74 Å². The van der Waals surface area contributed by atoms with Gasteiger partial charge in [-0.15, -0.1) is 5.92 Å². The monoisotopic (exact) mass is 352 g/mol. The van der Waals surface area contributed by atoms with Crippen molar-refractivity contribution in [3.63, 3.8) is 0 Å². The van der Waals surface area contributed by atoms with Gasteiger partial charge in [0.25, 0.3) is 0 Å². The molecule has 0 saturated heterocycles. The van der Waals surface area contributed by atoms with E-state index in [1.807, 2.05) is 24.3 Å². The number of carbonyl (C=O) groups is 1. The van der Waals surface area contributed by atoms with Crippen LogP contribution in [-0.4, -0.2) is 17.7 Å². The predicted molar refractivity (Wildman–Crippen MR) is 103 cm³/mol. The predicted octanol–water partition coefficient (Wildman–Crippen LogP) is 5.32. The van der Waals surface area contributed by atoms with E-state index in [0.717, 1.165) is 11.3 Å². The number of carboxylic acids is 1. The summed E-state index contributed by atoms with van der Waals surface area (Å²) in [6, 6.07) is 7.72. The fourth-order valence-corrected chi connectivity index (χ4v) is 4.46. The number of hydrogen-bond acceptors (Lipinski definition) is 2. The molecule has 3 heteroatoms. The highest BCUT2D eigenvalue weighted by molar-refractivity contribution is 5.69. The van der Waals surface area contributed by atoms with Crippen LogP contribution in [0, 0.1) is 17.3 Å². The highest BCUT2D eigenvalue weighted by Crippen LogP contribution is 2.48. The molecule has 1 unspecified atom stereocenters. The highest BCUT2D eigenvalue weighted by atomic mass is 16.5. The molecule has 0 amide bonds. The van der Waals surface area contributed by atoms with Gasteiger partial charge in [-0.1, -0.05) is 37.0 Å². The Kier molecular flexibility index (Phi) is 6.04. The normalized spacial score (nSPS) is 19.3. The maximum atomic E-state index is 11.0. The fraction of sp³-hybridized carbons (Fsp3) is 0.522. The van der Waals surface area contributed by atoms with Crippen LogP contribution in [0.5, 0.6) is 5.75 Å². The molecule has 0 aliphatic heterocycles. The number of rotatable bonds is 6. The molecular formula is C23H28O3. The van der Waals surface area contributed by atoms with Crippen molar-refractivity contribution in [3.05, 3.63) is 41.5 Å². The average Bonchev–Trinajstić information content (AvgIpc) is 3.07. The molecule has 0 radical (unpaired) electrons. The van der Waals surface area contributed by atoms with Crippen LogP contribution in [-0.2, 0) is 4.79 Å². The van der Waals surface area contributed by atoms with E-state index >= 15 is 0 Å². The number of hydrogen-bond donors (Lipinski definition) is 1. The molecule has 1 aromatic carbocycles. The summed E-state index contributed by atoms with van der Waals surface area (Å²) in [5, 5.41) is 9.04. The van der Waals surface area contributed by atoms with Crippen LogP contribution >= 0.6 is 0 Å². The van der Waals surface area contributed by atoms with E-state index in [1.165, 1.54) is 50.5 Å². The summed E-state index contributed by atoms with van der Waals surface area (Å²) in [7, 11) is 0. The first-order valence-corrected chi connectivity index (χ1v) is 9.65. The zero-order chi connectivity index (χ0) is 18.4. The van der Waals surface area contributed by atoms with Gasteiger partial charge in [0, 0.05) is 0 Å². The van der Waals surface area contributed by atoms with E-state index in [2.05, 4.69) is 17.9 Å². The van der Waals surface area contributed by atoms with E-state index in [9.17, 15) is 4.79 Å². The van der Waals surface area contributed by atoms with E-state index < -0.39 is 5.97 Å². The lowest BCUT2D eigenvalue weighted by atomic mass is 9.73. The van der Waals surface area contributed by atoms with Crippen molar-refractivity contribution in [1.82, 2.24) is 0 Å². The van der Waals surface area contributed by atoms with Crippen molar-refractivity contribution in [2.75, 3.05) is 6.61 Å². The van der Waals surface area contributed by atoms with Crippen LogP contribution in [0.4, 0.5) is 0 Å². The van der Waals surface area contributed by atoms with Crippen molar-refractivity contribution in [1.29, 1.82) is 0 Å². The number of carboxylic acid groups (broad SMARTS) is 1. The lowest BCUT2D eigenvalue weighted by Crippen LogP contribution is -2.22. The summed E-state index contributed by atoms with van der Waals surface area (Å²) in [6.07, 6.45) is 11.6. The molecule has 1 spiro atoms. The van der Waals surface area contributed by atoms with Crippen molar-refractivity contribution in [2.45, 2.75) is 64.2 Å². The molecule has 26 heavy (non-hydrogen) atoms. The number of allylic oxidation sites excluding steroid dienone is 1. The number of ether oxygens (including phenoxy) is 1. The van der Waals surface area contributed by atoms with E-state index in [1.54, 1.807) is 6.92 Å². The van der Waals surface area contributed by atoms with Crippen LogP contribution in [0.1, 0.15) is 69.8 Å². The molecule has 1 N–H and O–H groups in total. The van der Waals surface area contributed by atoms with Crippen LogP contribution in [0.3, 0.4) is 0 Å². The maximum Gasteiger partial charge on any atom is 0.304 e. The first kappa shape index (κ1) is 18.6. The zero-order valence-electron chi connectivity index (χ0n) is 15.6. The van der Waals surface area contributed by atoms with Gasteiger partial charge in [0.15, 0.2) is 0 Å². The van der Waals surface area contributed by atoms with Crippen molar-refractivity contribution in [3.8, 4) is 17.6 Å². The zero-order valence-corrected chi connectivity index (χ0v) is 15.6. The Labute approximate surface area is 156 Å². The standard InChI is InChI=1S/C23H28O3/c1-2-6-20(15-22(24)25)19-8-10-21(11-9-19)26-17-18-7-5-14-23(16-18)12-3-4-13-23/h7-11,20H,3-5,12-17H2,1H3,(H,24,25). The Bertz CT molecular complexity index is 712. The van der Waals surface area contributed by atoms with E-state index in [4.69, 9.17) is 9.84 Å². The molecule has 2 aliphatic rings. The Morgan fingerprint density at radius 3 is 2.62 bits per heavy atom. The van der Waals surface area contributed by atoms with Crippen LogP contribution in [0.25, 0.3) is 0 Å². The third-order valence-corrected chi connectivity index (χ3v) is 5.78. The third-order valence-electron chi connectivity index (χ3n) is 5.78. The van der Waals surface area contributed by atoms with Gasteiger partial charge in [-0.25, -0.2) is 0 Å². The second-order valence-electron chi connectivity index (χ2n) is 7.69. The van der Waals surface area contributed by atoms with Gasteiger partial charge in [0.05, 0.1) is 12.3 Å². The molecule has 3 rings (SSSR count). The quantitative estimate of drug-likeness (QED) is 0.557. The Hall–Kier alpha value is -2.21. The van der Waals surface area contributed by atoms with Crippen molar-refractivity contribution < 1.29 is 14.6 Å². The molecule has 1 atom stereocenters. The fourth-order valence-electron chi connectivity index (χ4n) is 4.46. The Balaban J connectivity index is 1.58. The summed E-state index contributed by atoms with van der Waals surface area (Å²) < 4.78 is 6.00. The Morgan fingerprint density at radius 2 is 1.96 bits per heavy atom. The SMILES string of the molecule is CC#CC(CC(=O)O)c1ccc(OCC2=CCCC3(CCCC3)C2)cc1. The molecule has 2 aliphatic carbocycles. The Morgan fingerprint density at radius 1 is 1.23 bits per heavy atom. The van der Waals surface area contributed by atoms with Gasteiger partial charge in [0.2, 0.25) is 0 Å². The second kappa shape index (κ2) is 8.45. The van der Waals surface area contributed by atoms with Crippen LogP contribution in [0.15, 0.2) is 35.9 Å². The lowest BCUT2D eigenvalue weighted by Gasteiger charge is -2.33. The van der Waals surface area contributed by atoms with Gasteiger partial charge in [-0.2, -0.15) is 0 Å². The van der Waals surface area contributed by atoms with Crippen molar-refractivity contribution >= 4 is 5.97 Å². The van der Waals surface area contributed by atoms with E-state index in [0.29, 0.717) is 12.0 Å². The van der Waals surface area contributed by atoms with E-state index in [-0.39, 0.29) is 12.3 Å². The first-order chi connectivity index (χ1) is 12.6. The number of aliphatic carboxylic acids is 1. The van der Waals surface area contributed by atoms with Crippen LogP contribution in [0.2, 0.25) is 0 Å². The summed E-state index contributed by atoms with van der Waals surface area (Å²) in [6.45, 7) is 2.40. The molecule has 1 aromatic rings. The minimum absolute atomic E-state index is 0.0238. The summed E-state index contributed by atoms with van der Waals surface area (Å²) in [5.74, 6) is 5.54. The molecule has 3 nitrogen and oxygen atoms in total. The minimum atomic E-state index is -0.830. The smallest absolute Gasteiger partial charge is 0.304 e. The summed E-state index contributed by atoms with van der Waals surface area (Å²) >= 11 is 0. The number of benzene rings is 1. The summed E-state index contributed by atoms with van der Waals surface area (Å²) in [5.41, 5.74) is 2.92. The third kappa shape index (κ3) is 4.69. The van der Waals surface area contributed by atoms with Gasteiger partial charge in [-0.05, 0) is 67.7 Å². The van der Waals surface area contributed by atoms with Crippen molar-refractivity contribution in [2.24, 2.45) is 5.41 Å². The minimum Gasteiger partial charge on any atom is -0.489 e. The maximum absolute atomic E-state index is 11.0. The topological polar surface area (TPSA) is 46.5 Å². The van der Waals surface area contributed by atoms with Gasteiger partial charge in [0.1, 0.15) is 12.4 Å².